The van der Waals surface area contributed by atoms with Gasteiger partial charge in [-0.05, 0) is 38.0 Å². The van der Waals surface area contributed by atoms with E-state index >= 15 is 0 Å². The summed E-state index contributed by atoms with van der Waals surface area (Å²) in [4.78, 5) is 1.99. The summed E-state index contributed by atoms with van der Waals surface area (Å²) in [5, 5.41) is 19.1. The molecule has 0 saturated carbocycles. The quantitative estimate of drug-likeness (QED) is 0.874. The number of rotatable bonds is 2. The maximum absolute atomic E-state index is 13.6. The van der Waals surface area contributed by atoms with Crippen molar-refractivity contribution in [3.8, 4) is 6.07 Å². The molecule has 96 valence electrons. The summed E-state index contributed by atoms with van der Waals surface area (Å²) in [6, 6.07) is 6.36. The van der Waals surface area contributed by atoms with Gasteiger partial charge >= 0.3 is 0 Å². The molecule has 0 aromatic heterocycles. The number of nitrogens with zero attached hydrogens (tertiary/aromatic N) is 2. The van der Waals surface area contributed by atoms with E-state index in [9.17, 15) is 9.50 Å². The first-order chi connectivity index (χ1) is 8.51. The van der Waals surface area contributed by atoms with Crippen LogP contribution < -0.4 is 4.90 Å². The molecule has 1 aromatic carbocycles. The van der Waals surface area contributed by atoms with Gasteiger partial charge in [0.1, 0.15) is 11.9 Å². The lowest BCUT2D eigenvalue weighted by molar-refractivity contribution is 0.0329. The van der Waals surface area contributed by atoms with E-state index in [0.29, 0.717) is 19.4 Å². The topological polar surface area (TPSA) is 47.3 Å². The smallest absolute Gasteiger partial charge is 0.143 e. The molecule has 0 spiro atoms. The molecule has 1 aromatic rings. The summed E-state index contributed by atoms with van der Waals surface area (Å²) in [7, 11) is 0. The van der Waals surface area contributed by atoms with Crippen LogP contribution in [0.25, 0.3) is 0 Å². The molecule has 18 heavy (non-hydrogen) atoms. The molecule has 1 N–H and O–H groups in total. The van der Waals surface area contributed by atoms with Crippen molar-refractivity contribution in [1.82, 2.24) is 0 Å². The van der Waals surface area contributed by atoms with Crippen molar-refractivity contribution in [3.05, 3.63) is 29.6 Å². The highest BCUT2D eigenvalue weighted by Gasteiger charge is 2.41. The zero-order valence-electron chi connectivity index (χ0n) is 10.7. The Kier molecular flexibility index (Phi) is 3.27. The zero-order chi connectivity index (χ0) is 13.3. The van der Waals surface area contributed by atoms with E-state index in [-0.39, 0.29) is 11.6 Å². The number of anilines is 1. The van der Waals surface area contributed by atoms with Crippen LogP contribution in [0.2, 0.25) is 0 Å². The van der Waals surface area contributed by atoms with Crippen molar-refractivity contribution < 1.29 is 9.50 Å². The molecule has 3 nitrogen and oxygen atoms in total. The number of aliphatic hydroxyl groups is 1. The zero-order valence-corrected chi connectivity index (χ0v) is 10.7. The average Bonchev–Trinajstić information content (AvgIpc) is 2.67. The Morgan fingerprint density at radius 2 is 2.33 bits per heavy atom. The largest absolute Gasteiger partial charge is 0.388 e. The molecule has 1 aliphatic heterocycles. The van der Waals surface area contributed by atoms with Crippen LogP contribution in [0, 0.1) is 17.1 Å². The molecule has 2 atom stereocenters. The molecule has 1 aliphatic rings. The number of halogens is 1. The minimum absolute atomic E-state index is 0.0464. The predicted molar refractivity (Wildman–Crippen MR) is 67.8 cm³/mol. The Labute approximate surface area is 106 Å². The van der Waals surface area contributed by atoms with E-state index in [1.165, 1.54) is 12.1 Å². The SMILES string of the molecule is CC[C@]1(O)CCN(c2ccc(C#N)c(F)c2)[C@H]1C. The molecule has 2 rings (SSSR count). The van der Waals surface area contributed by atoms with Crippen LogP contribution in [0.3, 0.4) is 0 Å². The third kappa shape index (κ3) is 1.95. The van der Waals surface area contributed by atoms with Crippen LogP contribution in [0.15, 0.2) is 18.2 Å². The normalized spacial score (nSPS) is 27.3. The van der Waals surface area contributed by atoms with Crippen molar-refractivity contribution in [2.75, 3.05) is 11.4 Å². The van der Waals surface area contributed by atoms with Crippen LogP contribution in [0.5, 0.6) is 0 Å². The van der Waals surface area contributed by atoms with Crippen LogP contribution in [0.1, 0.15) is 32.3 Å². The van der Waals surface area contributed by atoms with Crippen molar-refractivity contribution >= 4 is 5.69 Å². The summed E-state index contributed by atoms with van der Waals surface area (Å²) < 4.78 is 13.6. The van der Waals surface area contributed by atoms with E-state index in [2.05, 4.69) is 0 Å². The number of benzene rings is 1. The van der Waals surface area contributed by atoms with E-state index in [1.54, 1.807) is 6.07 Å². The maximum atomic E-state index is 13.6. The molecule has 0 amide bonds. The number of nitriles is 1. The minimum atomic E-state index is -0.704. The van der Waals surface area contributed by atoms with E-state index in [4.69, 9.17) is 5.26 Å². The van der Waals surface area contributed by atoms with Crippen LogP contribution in [-0.4, -0.2) is 23.3 Å². The second-order valence-electron chi connectivity index (χ2n) is 4.85. The van der Waals surface area contributed by atoms with Gasteiger partial charge < -0.3 is 10.0 Å². The first-order valence-corrected chi connectivity index (χ1v) is 6.20. The molecule has 0 bridgehead atoms. The Morgan fingerprint density at radius 3 is 2.83 bits per heavy atom. The Hall–Kier alpha value is -1.60. The summed E-state index contributed by atoms with van der Waals surface area (Å²) in [5.74, 6) is -0.505. The van der Waals surface area contributed by atoms with Crippen molar-refractivity contribution in [2.24, 2.45) is 0 Å². The van der Waals surface area contributed by atoms with Crippen LogP contribution in [-0.2, 0) is 0 Å². The fourth-order valence-electron chi connectivity index (χ4n) is 2.60. The lowest BCUT2D eigenvalue weighted by Gasteiger charge is -2.31. The molecule has 0 aliphatic carbocycles. The molecule has 0 radical (unpaired) electrons. The summed E-state index contributed by atoms with van der Waals surface area (Å²) >= 11 is 0. The van der Waals surface area contributed by atoms with E-state index in [1.807, 2.05) is 24.8 Å². The maximum Gasteiger partial charge on any atom is 0.143 e. The average molecular weight is 248 g/mol. The predicted octanol–water partition coefficient (Wildman–Crippen LogP) is 2.44. The minimum Gasteiger partial charge on any atom is -0.388 e. The fourth-order valence-corrected chi connectivity index (χ4v) is 2.60. The van der Waals surface area contributed by atoms with Gasteiger partial charge in [-0.25, -0.2) is 4.39 Å². The fraction of sp³-hybridized carbons (Fsp3) is 0.500. The van der Waals surface area contributed by atoms with Gasteiger partial charge in [0.25, 0.3) is 0 Å². The Bertz CT molecular complexity index is 497. The van der Waals surface area contributed by atoms with Gasteiger partial charge in [0.2, 0.25) is 0 Å². The van der Waals surface area contributed by atoms with Gasteiger partial charge in [-0.15, -0.1) is 0 Å². The highest BCUT2D eigenvalue weighted by molar-refractivity contribution is 5.52. The summed E-state index contributed by atoms with van der Waals surface area (Å²) in [6.07, 6.45) is 1.37. The van der Waals surface area contributed by atoms with Gasteiger partial charge in [0.15, 0.2) is 0 Å². The van der Waals surface area contributed by atoms with Crippen molar-refractivity contribution in [3.63, 3.8) is 0 Å². The summed E-state index contributed by atoms with van der Waals surface area (Å²) in [5.41, 5.74) is 0.0735. The molecule has 1 fully saturated rings. The molecule has 1 saturated heterocycles. The van der Waals surface area contributed by atoms with Gasteiger partial charge in [0.05, 0.1) is 17.2 Å². The third-order valence-electron chi connectivity index (χ3n) is 4.05. The Morgan fingerprint density at radius 1 is 1.61 bits per heavy atom. The van der Waals surface area contributed by atoms with Crippen molar-refractivity contribution in [1.29, 1.82) is 5.26 Å². The van der Waals surface area contributed by atoms with Crippen LogP contribution >= 0.6 is 0 Å². The van der Waals surface area contributed by atoms with Crippen LogP contribution in [0.4, 0.5) is 10.1 Å². The molecular formula is C14H17FN2O. The van der Waals surface area contributed by atoms with Gasteiger partial charge in [-0.3, -0.25) is 0 Å². The highest BCUT2D eigenvalue weighted by atomic mass is 19.1. The molecule has 0 unspecified atom stereocenters. The van der Waals surface area contributed by atoms with Gasteiger partial charge in [-0.1, -0.05) is 6.92 Å². The lowest BCUT2D eigenvalue weighted by Crippen LogP contribution is -2.42. The van der Waals surface area contributed by atoms with Crippen molar-refractivity contribution in [2.45, 2.75) is 38.3 Å². The monoisotopic (exact) mass is 248 g/mol. The lowest BCUT2D eigenvalue weighted by atomic mass is 9.93. The molecular weight excluding hydrogens is 231 g/mol. The second-order valence-corrected chi connectivity index (χ2v) is 4.85. The number of hydrogen-bond acceptors (Lipinski definition) is 3. The first kappa shape index (κ1) is 12.8. The molecule has 1 heterocycles. The van der Waals surface area contributed by atoms with E-state index < -0.39 is 11.4 Å². The number of hydrogen-bond donors (Lipinski definition) is 1. The first-order valence-electron chi connectivity index (χ1n) is 6.20. The van der Waals surface area contributed by atoms with E-state index in [0.717, 1.165) is 5.69 Å². The summed E-state index contributed by atoms with van der Waals surface area (Å²) in [6.45, 7) is 4.61. The second kappa shape index (κ2) is 4.58. The van der Waals surface area contributed by atoms with Gasteiger partial charge in [0, 0.05) is 12.2 Å². The standard InChI is InChI=1S/C14H17FN2O/c1-3-14(18)6-7-17(10(14)2)12-5-4-11(9-16)13(15)8-12/h4-5,8,10,18H,3,6-7H2,1-2H3/t10-,14-/m0/s1. The Balaban J connectivity index is 2.29. The van der Waals surface area contributed by atoms with Gasteiger partial charge in [-0.2, -0.15) is 5.26 Å². The third-order valence-corrected chi connectivity index (χ3v) is 4.05. The highest BCUT2D eigenvalue weighted by Crippen LogP contribution is 2.35. The molecule has 4 heteroatoms.